The van der Waals surface area contributed by atoms with Crippen LogP contribution in [0, 0.1) is 0 Å². The lowest BCUT2D eigenvalue weighted by Gasteiger charge is -2.13. The van der Waals surface area contributed by atoms with Gasteiger partial charge < -0.3 is 4.42 Å². The van der Waals surface area contributed by atoms with Crippen molar-refractivity contribution in [3.63, 3.8) is 0 Å². The molecule has 98 valence electrons. The number of thiocarbonyl (C=S) groups is 1. The van der Waals surface area contributed by atoms with Crippen LogP contribution >= 0.6 is 24.0 Å². The molecule has 1 N–H and O–H groups in total. The smallest absolute Gasteiger partial charge is 0.285 e. The van der Waals surface area contributed by atoms with Crippen molar-refractivity contribution in [3.8, 4) is 0 Å². The fourth-order valence-corrected chi connectivity index (χ4v) is 2.48. The molecule has 0 bridgehead atoms. The Hall–Kier alpha value is -1.86. The number of thioether (sulfide) groups is 1. The molecule has 1 aliphatic rings. The van der Waals surface area contributed by atoms with E-state index in [2.05, 4.69) is 5.43 Å². The predicted molar refractivity (Wildman–Crippen MR) is 76.7 cm³/mol. The third-order valence-corrected chi connectivity index (χ3v) is 3.43. The maximum Gasteiger partial charge on any atom is 0.285 e. The van der Waals surface area contributed by atoms with Crippen LogP contribution in [0.4, 0.5) is 0 Å². The fourth-order valence-electron chi connectivity index (χ4n) is 1.35. The van der Waals surface area contributed by atoms with Crippen molar-refractivity contribution in [2.75, 3.05) is 0 Å². The van der Waals surface area contributed by atoms with E-state index in [1.54, 1.807) is 36.6 Å². The molecule has 1 aliphatic heterocycles. The van der Waals surface area contributed by atoms with Crippen molar-refractivity contribution in [2.24, 2.45) is 0 Å². The minimum Gasteiger partial charge on any atom is -0.465 e. The largest absolute Gasteiger partial charge is 0.465 e. The highest BCUT2D eigenvalue weighted by Gasteiger charge is 2.32. The molecule has 1 saturated heterocycles. The van der Waals surface area contributed by atoms with Crippen LogP contribution in [-0.2, 0) is 9.59 Å². The summed E-state index contributed by atoms with van der Waals surface area (Å²) >= 11 is 6.15. The number of furan rings is 1. The van der Waals surface area contributed by atoms with E-state index in [0.717, 1.165) is 16.8 Å². The quantitative estimate of drug-likeness (QED) is 0.683. The van der Waals surface area contributed by atoms with Gasteiger partial charge in [0.15, 0.2) is 4.32 Å². The van der Waals surface area contributed by atoms with E-state index in [9.17, 15) is 9.59 Å². The first-order valence-electron chi connectivity index (χ1n) is 5.33. The van der Waals surface area contributed by atoms with E-state index in [1.807, 2.05) is 0 Å². The third kappa shape index (κ3) is 3.33. The molecule has 0 aliphatic carbocycles. The molecule has 19 heavy (non-hydrogen) atoms. The van der Waals surface area contributed by atoms with E-state index in [1.165, 1.54) is 6.92 Å². The molecule has 2 heterocycles. The zero-order valence-corrected chi connectivity index (χ0v) is 11.6. The summed E-state index contributed by atoms with van der Waals surface area (Å²) in [4.78, 5) is 23.3. The van der Waals surface area contributed by atoms with Crippen molar-refractivity contribution in [1.29, 1.82) is 0 Å². The first-order valence-corrected chi connectivity index (χ1v) is 6.56. The van der Waals surface area contributed by atoms with Crippen molar-refractivity contribution in [1.82, 2.24) is 10.4 Å². The summed E-state index contributed by atoms with van der Waals surface area (Å²) in [5, 5.41) is 1.06. The number of amides is 2. The molecule has 1 aromatic heterocycles. The molecule has 0 unspecified atom stereocenters. The first kappa shape index (κ1) is 13.6. The number of nitrogens with one attached hydrogen (secondary N) is 1. The van der Waals surface area contributed by atoms with Crippen LogP contribution in [0.3, 0.4) is 0 Å². The predicted octanol–water partition coefficient (Wildman–Crippen LogP) is 2.09. The molecule has 7 heteroatoms. The SMILES string of the molecule is CC(=O)NN1C(=O)/C(=C\C=C\c2ccco2)SC1=S. The van der Waals surface area contributed by atoms with Crippen molar-refractivity contribution in [2.45, 2.75) is 6.92 Å². The molecule has 0 saturated carbocycles. The average Bonchev–Trinajstić information content (AvgIpc) is 2.94. The van der Waals surface area contributed by atoms with E-state index in [-0.39, 0.29) is 11.8 Å². The Bertz CT molecular complexity index is 576. The number of hydrazine groups is 1. The average molecular weight is 294 g/mol. The summed E-state index contributed by atoms with van der Waals surface area (Å²) in [7, 11) is 0. The van der Waals surface area contributed by atoms with Crippen LogP contribution in [0.5, 0.6) is 0 Å². The summed E-state index contributed by atoms with van der Waals surface area (Å²) < 4.78 is 5.42. The highest BCUT2D eigenvalue weighted by Crippen LogP contribution is 2.29. The zero-order valence-electron chi connectivity index (χ0n) is 9.95. The van der Waals surface area contributed by atoms with Gasteiger partial charge in [0.05, 0.1) is 11.2 Å². The monoisotopic (exact) mass is 294 g/mol. The molecule has 0 radical (unpaired) electrons. The molecule has 0 aromatic carbocycles. The minimum absolute atomic E-state index is 0.304. The standard InChI is InChI=1S/C12H10N2O3S2/c1-8(15)13-14-11(16)10(19-12(14)18)6-2-4-9-5-3-7-17-9/h2-7H,1H3,(H,13,15)/b4-2+,10-6+. The summed E-state index contributed by atoms with van der Waals surface area (Å²) in [6, 6.07) is 3.57. The maximum absolute atomic E-state index is 11.9. The highest BCUT2D eigenvalue weighted by molar-refractivity contribution is 8.26. The van der Waals surface area contributed by atoms with Gasteiger partial charge in [0.2, 0.25) is 5.91 Å². The molecule has 0 atom stereocenters. The van der Waals surface area contributed by atoms with Crippen LogP contribution in [0.25, 0.3) is 6.08 Å². The number of allylic oxidation sites excluding steroid dienone is 2. The summed E-state index contributed by atoms with van der Waals surface area (Å²) in [6.45, 7) is 1.32. The van der Waals surface area contributed by atoms with Crippen LogP contribution < -0.4 is 5.43 Å². The number of carbonyl (C=O) groups excluding carboxylic acids is 2. The van der Waals surface area contributed by atoms with Crippen molar-refractivity contribution < 1.29 is 14.0 Å². The Morgan fingerprint density at radius 1 is 1.58 bits per heavy atom. The zero-order chi connectivity index (χ0) is 13.8. The van der Waals surface area contributed by atoms with E-state index < -0.39 is 0 Å². The molecule has 1 aromatic rings. The first-order chi connectivity index (χ1) is 9.08. The Balaban J connectivity index is 2.08. The van der Waals surface area contributed by atoms with Gasteiger partial charge in [0.1, 0.15) is 5.76 Å². The normalized spacial score (nSPS) is 17.7. The summed E-state index contributed by atoms with van der Waals surface area (Å²) in [5.74, 6) is 0.00608. The van der Waals surface area contributed by atoms with Gasteiger partial charge in [0.25, 0.3) is 5.91 Å². The lowest BCUT2D eigenvalue weighted by atomic mass is 10.3. The molecule has 1 fully saturated rings. The molecule has 5 nitrogen and oxygen atoms in total. The Morgan fingerprint density at radius 2 is 2.37 bits per heavy atom. The topological polar surface area (TPSA) is 62.6 Å². The number of rotatable bonds is 3. The van der Waals surface area contributed by atoms with Gasteiger partial charge in [-0.05, 0) is 36.5 Å². The number of carbonyl (C=O) groups is 2. The highest BCUT2D eigenvalue weighted by atomic mass is 32.2. The lowest BCUT2D eigenvalue weighted by Crippen LogP contribution is -2.43. The Labute approximate surface area is 119 Å². The van der Waals surface area contributed by atoms with Gasteiger partial charge in [0, 0.05) is 6.92 Å². The maximum atomic E-state index is 11.9. The van der Waals surface area contributed by atoms with Crippen molar-refractivity contribution in [3.05, 3.63) is 41.2 Å². The number of hydrogen-bond donors (Lipinski definition) is 1. The molecular weight excluding hydrogens is 284 g/mol. The van der Waals surface area contributed by atoms with Gasteiger partial charge in [-0.25, -0.2) is 0 Å². The molecule has 0 spiro atoms. The van der Waals surface area contributed by atoms with Gasteiger partial charge in [-0.3, -0.25) is 15.0 Å². The van der Waals surface area contributed by atoms with Gasteiger partial charge in [-0.2, -0.15) is 5.01 Å². The second-order valence-electron chi connectivity index (χ2n) is 3.58. The Kier molecular flexibility index (Phi) is 4.18. The van der Waals surface area contributed by atoms with E-state index in [4.69, 9.17) is 16.6 Å². The van der Waals surface area contributed by atoms with Crippen LogP contribution in [0.1, 0.15) is 12.7 Å². The van der Waals surface area contributed by atoms with E-state index in [0.29, 0.717) is 15.0 Å². The van der Waals surface area contributed by atoms with E-state index >= 15 is 0 Å². The second-order valence-corrected chi connectivity index (χ2v) is 5.26. The third-order valence-electron chi connectivity index (χ3n) is 2.11. The van der Waals surface area contributed by atoms with Gasteiger partial charge in [-0.15, -0.1) is 0 Å². The van der Waals surface area contributed by atoms with Gasteiger partial charge >= 0.3 is 0 Å². The Morgan fingerprint density at radius 3 is 3.00 bits per heavy atom. The van der Waals surface area contributed by atoms with Crippen molar-refractivity contribution >= 4 is 46.2 Å². The molecular formula is C12H10N2O3S2. The fraction of sp³-hybridized carbons (Fsp3) is 0.0833. The van der Waals surface area contributed by atoms with Crippen LogP contribution in [0.15, 0.2) is 39.9 Å². The molecule has 2 amide bonds. The lowest BCUT2D eigenvalue weighted by molar-refractivity contribution is -0.132. The minimum atomic E-state index is -0.344. The van der Waals surface area contributed by atoms with Crippen LogP contribution in [0.2, 0.25) is 0 Å². The molecule has 2 rings (SSSR count). The second kappa shape index (κ2) is 5.85. The summed E-state index contributed by atoms with van der Waals surface area (Å²) in [6.07, 6.45) is 6.61. The number of nitrogens with zero attached hydrogens (tertiary/aromatic N) is 1. The van der Waals surface area contributed by atoms with Crippen LogP contribution in [-0.4, -0.2) is 21.1 Å². The number of hydrogen-bond acceptors (Lipinski definition) is 5. The summed E-state index contributed by atoms with van der Waals surface area (Å²) in [5.41, 5.74) is 2.37. The van der Waals surface area contributed by atoms with Gasteiger partial charge in [-0.1, -0.05) is 17.8 Å².